The summed E-state index contributed by atoms with van der Waals surface area (Å²) in [6.45, 7) is 2.89. The molecule has 0 spiro atoms. The lowest BCUT2D eigenvalue weighted by molar-refractivity contribution is 0.0698. The lowest BCUT2D eigenvalue weighted by Gasteiger charge is -2.23. The number of benzene rings is 2. The molecule has 4 aromatic rings. The van der Waals surface area contributed by atoms with Gasteiger partial charge in [0, 0.05) is 55.2 Å². The Kier molecular flexibility index (Phi) is 6.80. The number of nitrogens with zero attached hydrogens (tertiary/aromatic N) is 5. The fourth-order valence-corrected chi connectivity index (χ4v) is 4.38. The van der Waals surface area contributed by atoms with E-state index in [2.05, 4.69) is 25.1 Å². The third kappa shape index (κ3) is 5.27. The van der Waals surface area contributed by atoms with Crippen LogP contribution in [0.5, 0.6) is 5.75 Å². The largest absolute Gasteiger partial charge is 0.497 e. The summed E-state index contributed by atoms with van der Waals surface area (Å²) in [6, 6.07) is 15.2. The molecule has 10 nitrogen and oxygen atoms in total. The highest BCUT2D eigenvalue weighted by atomic mass is 16.5. The number of ether oxygens (including phenoxy) is 1. The van der Waals surface area contributed by atoms with Crippen LogP contribution in [0.15, 0.2) is 67.0 Å². The van der Waals surface area contributed by atoms with Crippen LogP contribution in [0, 0.1) is 0 Å². The van der Waals surface area contributed by atoms with Crippen LogP contribution in [0.1, 0.15) is 27.1 Å². The van der Waals surface area contributed by atoms with Crippen molar-refractivity contribution < 1.29 is 19.4 Å². The number of pyridine rings is 1. The SMILES string of the molecule is COc1ccc(C(=O)Nc2ccc3nc(N4CCCN(c5ncccn5)CC4)cc(C(=O)O)c3c2)cc1. The van der Waals surface area contributed by atoms with Gasteiger partial charge in [-0.1, -0.05) is 0 Å². The molecule has 37 heavy (non-hydrogen) atoms. The first kappa shape index (κ1) is 24.0. The number of carboxylic acid groups (broad SMARTS) is 1. The highest BCUT2D eigenvalue weighted by Gasteiger charge is 2.21. The number of methoxy groups -OCH3 is 1. The number of hydrogen-bond donors (Lipinski definition) is 2. The second-order valence-electron chi connectivity index (χ2n) is 8.62. The third-order valence-electron chi connectivity index (χ3n) is 6.29. The number of amides is 1. The molecule has 2 aromatic heterocycles. The molecule has 3 heterocycles. The smallest absolute Gasteiger partial charge is 0.336 e. The van der Waals surface area contributed by atoms with E-state index < -0.39 is 5.97 Å². The molecule has 1 fully saturated rings. The van der Waals surface area contributed by atoms with Crippen LogP contribution in [-0.2, 0) is 0 Å². The van der Waals surface area contributed by atoms with Gasteiger partial charge in [-0.2, -0.15) is 0 Å². The third-order valence-corrected chi connectivity index (χ3v) is 6.29. The minimum absolute atomic E-state index is 0.132. The Labute approximate surface area is 213 Å². The maximum atomic E-state index is 12.7. The van der Waals surface area contributed by atoms with Gasteiger partial charge in [-0.15, -0.1) is 0 Å². The van der Waals surface area contributed by atoms with Crippen LogP contribution < -0.4 is 19.9 Å². The van der Waals surface area contributed by atoms with Crippen molar-refractivity contribution in [3.05, 3.63) is 78.1 Å². The van der Waals surface area contributed by atoms with Crippen molar-refractivity contribution in [2.75, 3.05) is 48.4 Å². The average molecular weight is 499 g/mol. The molecule has 188 valence electrons. The highest BCUT2D eigenvalue weighted by molar-refractivity contribution is 6.08. The summed E-state index contributed by atoms with van der Waals surface area (Å²) in [5, 5.41) is 13.3. The van der Waals surface area contributed by atoms with E-state index in [0.29, 0.717) is 52.8 Å². The zero-order valence-corrected chi connectivity index (χ0v) is 20.3. The molecule has 0 radical (unpaired) electrons. The number of nitrogens with one attached hydrogen (secondary N) is 1. The van der Waals surface area contributed by atoms with Gasteiger partial charge in [0.05, 0.1) is 18.2 Å². The van der Waals surface area contributed by atoms with Gasteiger partial charge >= 0.3 is 5.97 Å². The first-order valence-corrected chi connectivity index (χ1v) is 11.9. The summed E-state index contributed by atoms with van der Waals surface area (Å²) in [7, 11) is 1.56. The predicted octanol–water partition coefficient (Wildman–Crippen LogP) is 3.70. The minimum Gasteiger partial charge on any atom is -0.497 e. The fourth-order valence-electron chi connectivity index (χ4n) is 4.38. The van der Waals surface area contributed by atoms with Gasteiger partial charge < -0.3 is 25.0 Å². The molecule has 1 aliphatic heterocycles. The van der Waals surface area contributed by atoms with Crippen LogP contribution in [0.25, 0.3) is 10.9 Å². The molecular weight excluding hydrogens is 472 g/mol. The predicted molar refractivity (Wildman–Crippen MR) is 141 cm³/mol. The van der Waals surface area contributed by atoms with Crippen molar-refractivity contribution in [3.63, 3.8) is 0 Å². The summed E-state index contributed by atoms with van der Waals surface area (Å²) in [4.78, 5) is 42.6. The Balaban J connectivity index is 1.38. The van der Waals surface area contributed by atoms with E-state index in [-0.39, 0.29) is 11.5 Å². The lowest BCUT2D eigenvalue weighted by Crippen LogP contribution is -2.32. The maximum absolute atomic E-state index is 12.7. The molecule has 0 aliphatic carbocycles. The molecule has 1 aliphatic rings. The Hall–Kier alpha value is -4.73. The minimum atomic E-state index is -1.05. The van der Waals surface area contributed by atoms with Crippen molar-refractivity contribution in [2.24, 2.45) is 0 Å². The summed E-state index contributed by atoms with van der Waals surface area (Å²) in [5.74, 6) is 0.587. The number of aromatic carboxylic acids is 1. The van der Waals surface area contributed by atoms with Crippen LogP contribution in [0.4, 0.5) is 17.5 Å². The normalized spacial score (nSPS) is 13.8. The van der Waals surface area contributed by atoms with Gasteiger partial charge in [-0.3, -0.25) is 4.79 Å². The van der Waals surface area contributed by atoms with E-state index in [0.717, 1.165) is 19.5 Å². The second-order valence-corrected chi connectivity index (χ2v) is 8.62. The lowest BCUT2D eigenvalue weighted by atomic mass is 10.1. The van der Waals surface area contributed by atoms with Gasteiger partial charge in [0.25, 0.3) is 5.91 Å². The number of fused-ring (bicyclic) bond motifs is 1. The summed E-state index contributed by atoms with van der Waals surface area (Å²) < 4.78 is 5.13. The molecule has 0 unspecified atom stereocenters. The number of carboxylic acids is 1. The number of rotatable bonds is 6. The number of hydrogen-bond acceptors (Lipinski definition) is 8. The number of carbonyl (C=O) groups excluding carboxylic acids is 1. The molecule has 0 saturated carbocycles. The first-order chi connectivity index (χ1) is 18.0. The number of carbonyl (C=O) groups is 2. The molecule has 2 aromatic carbocycles. The monoisotopic (exact) mass is 498 g/mol. The molecule has 1 amide bonds. The zero-order valence-electron chi connectivity index (χ0n) is 20.3. The maximum Gasteiger partial charge on any atom is 0.336 e. The first-order valence-electron chi connectivity index (χ1n) is 11.9. The van der Waals surface area contributed by atoms with E-state index >= 15 is 0 Å². The zero-order chi connectivity index (χ0) is 25.8. The van der Waals surface area contributed by atoms with Crippen molar-refractivity contribution >= 4 is 40.2 Å². The van der Waals surface area contributed by atoms with Crippen molar-refractivity contribution in [1.29, 1.82) is 0 Å². The molecule has 5 rings (SSSR count). The van der Waals surface area contributed by atoms with Crippen LogP contribution >= 0.6 is 0 Å². The van der Waals surface area contributed by atoms with E-state index in [1.165, 1.54) is 0 Å². The Morgan fingerprint density at radius 1 is 0.946 bits per heavy atom. The molecule has 1 saturated heterocycles. The van der Waals surface area contributed by atoms with Gasteiger partial charge in [-0.25, -0.2) is 19.7 Å². The summed E-state index contributed by atoms with van der Waals surface area (Å²) >= 11 is 0. The molecule has 2 N–H and O–H groups in total. The standard InChI is InChI=1S/C27H26N6O4/c1-37-20-7-4-18(5-8-20)25(34)30-19-6-9-23-21(16-19)22(26(35)36)17-24(31-23)32-12-3-13-33(15-14-32)27-28-10-2-11-29-27/h2,4-11,16-17H,3,12-15H2,1H3,(H,30,34)(H,35,36). The van der Waals surface area contributed by atoms with Crippen LogP contribution in [0.2, 0.25) is 0 Å². The number of anilines is 3. The van der Waals surface area contributed by atoms with Crippen molar-refractivity contribution in [2.45, 2.75) is 6.42 Å². The van der Waals surface area contributed by atoms with Crippen molar-refractivity contribution in [3.8, 4) is 5.75 Å². The van der Waals surface area contributed by atoms with Crippen LogP contribution in [-0.4, -0.2) is 65.2 Å². The topological polar surface area (TPSA) is 121 Å². The van der Waals surface area contributed by atoms with Gasteiger partial charge in [0.1, 0.15) is 11.6 Å². The van der Waals surface area contributed by atoms with E-state index in [1.807, 2.05) is 0 Å². The van der Waals surface area contributed by atoms with E-state index in [1.54, 1.807) is 74.1 Å². The van der Waals surface area contributed by atoms with E-state index in [9.17, 15) is 14.7 Å². The Morgan fingerprint density at radius 2 is 1.68 bits per heavy atom. The second kappa shape index (κ2) is 10.5. The van der Waals surface area contributed by atoms with Crippen molar-refractivity contribution in [1.82, 2.24) is 15.0 Å². The number of aromatic nitrogens is 3. The van der Waals surface area contributed by atoms with Gasteiger partial charge in [-0.05, 0) is 61.0 Å². The molecule has 0 atom stereocenters. The molecule has 0 bridgehead atoms. The quantitative estimate of drug-likeness (QED) is 0.410. The average Bonchev–Trinajstić information content (AvgIpc) is 3.19. The summed E-state index contributed by atoms with van der Waals surface area (Å²) in [5.41, 5.74) is 1.63. The fraction of sp³-hybridized carbons (Fsp3) is 0.222. The molecule has 10 heteroatoms. The van der Waals surface area contributed by atoms with Gasteiger partial charge in [0.2, 0.25) is 5.95 Å². The summed E-state index contributed by atoms with van der Waals surface area (Å²) in [6.07, 6.45) is 4.31. The van der Waals surface area contributed by atoms with Gasteiger partial charge in [0.15, 0.2) is 0 Å². The van der Waals surface area contributed by atoms with Crippen LogP contribution in [0.3, 0.4) is 0 Å². The molecular formula is C27H26N6O4. The van der Waals surface area contributed by atoms with E-state index in [4.69, 9.17) is 9.72 Å². The Morgan fingerprint density at radius 3 is 2.41 bits per heavy atom. The highest BCUT2D eigenvalue weighted by Crippen LogP contribution is 2.27. The Bertz CT molecular complexity index is 1430.